The number of anilines is 1. The molecule has 0 spiro atoms. The minimum Gasteiger partial charge on any atom is -0.381 e. The molecular weight excluding hydrogens is 307 g/mol. The van der Waals surface area contributed by atoms with Crippen molar-refractivity contribution in [1.29, 1.82) is 0 Å². The van der Waals surface area contributed by atoms with Gasteiger partial charge >= 0.3 is 6.18 Å². The third-order valence-corrected chi connectivity index (χ3v) is 3.44. The van der Waals surface area contributed by atoms with Gasteiger partial charge in [0.15, 0.2) is 0 Å². The molecule has 0 saturated carbocycles. The van der Waals surface area contributed by atoms with Crippen molar-refractivity contribution in [2.75, 3.05) is 5.32 Å². The molecule has 0 saturated heterocycles. The lowest BCUT2D eigenvalue weighted by Crippen LogP contribution is -2.18. The number of hydrogen-bond acceptors (Lipinski definition) is 1. The van der Waals surface area contributed by atoms with Gasteiger partial charge in [-0.3, -0.25) is 0 Å². The van der Waals surface area contributed by atoms with Gasteiger partial charge < -0.3 is 5.32 Å². The molecule has 0 aromatic heterocycles. The molecule has 0 amide bonds. The Morgan fingerprint density at radius 1 is 1.28 bits per heavy atom. The van der Waals surface area contributed by atoms with Gasteiger partial charge in [-0.15, -0.1) is 0 Å². The van der Waals surface area contributed by atoms with Crippen molar-refractivity contribution in [3.8, 4) is 0 Å². The van der Waals surface area contributed by atoms with Gasteiger partial charge in [0.05, 0.1) is 5.56 Å². The van der Waals surface area contributed by atoms with Gasteiger partial charge in [0.25, 0.3) is 0 Å². The molecule has 1 aromatic carbocycles. The number of nitrogens with one attached hydrogen (secondary N) is 1. The van der Waals surface area contributed by atoms with E-state index in [2.05, 4.69) is 35.1 Å². The van der Waals surface area contributed by atoms with Gasteiger partial charge in [-0.25, -0.2) is 0 Å². The zero-order chi connectivity index (χ0) is 13.8. The van der Waals surface area contributed by atoms with E-state index in [-0.39, 0.29) is 0 Å². The molecule has 1 aromatic rings. The zero-order valence-corrected chi connectivity index (χ0v) is 12.0. The Labute approximate surface area is 114 Å². The molecule has 0 aliphatic heterocycles. The molecule has 0 heterocycles. The minimum absolute atomic E-state index is 0.294. The summed E-state index contributed by atoms with van der Waals surface area (Å²) < 4.78 is 38.0. The van der Waals surface area contributed by atoms with E-state index in [0.717, 1.165) is 31.4 Å². The molecule has 0 aliphatic rings. The van der Waals surface area contributed by atoms with Crippen LogP contribution in [0.15, 0.2) is 22.7 Å². The molecule has 0 aliphatic carbocycles. The minimum atomic E-state index is -4.30. The fourth-order valence-electron chi connectivity index (χ4n) is 1.76. The van der Waals surface area contributed by atoms with Crippen molar-refractivity contribution in [2.24, 2.45) is 0 Å². The zero-order valence-electron chi connectivity index (χ0n) is 10.4. The fourth-order valence-corrected chi connectivity index (χ4v) is 2.25. The van der Waals surface area contributed by atoms with Crippen LogP contribution in [0.5, 0.6) is 0 Å². The maximum absolute atomic E-state index is 12.5. The first-order valence-corrected chi connectivity index (χ1v) is 6.81. The highest BCUT2D eigenvalue weighted by Gasteiger charge is 2.30. The van der Waals surface area contributed by atoms with E-state index in [1.807, 2.05) is 0 Å². The maximum Gasteiger partial charge on any atom is 0.416 e. The second-order valence-corrected chi connectivity index (χ2v) is 5.08. The highest BCUT2D eigenvalue weighted by molar-refractivity contribution is 9.10. The summed E-state index contributed by atoms with van der Waals surface area (Å²) in [7, 11) is 0. The van der Waals surface area contributed by atoms with Crippen LogP contribution in [-0.4, -0.2) is 6.04 Å². The van der Waals surface area contributed by atoms with Crippen molar-refractivity contribution < 1.29 is 13.2 Å². The van der Waals surface area contributed by atoms with Crippen LogP contribution < -0.4 is 5.32 Å². The van der Waals surface area contributed by atoms with E-state index in [1.54, 1.807) is 0 Å². The number of halogens is 4. The molecule has 1 atom stereocenters. The van der Waals surface area contributed by atoms with Crippen LogP contribution in [0.1, 0.15) is 38.7 Å². The molecule has 0 bridgehead atoms. The highest BCUT2D eigenvalue weighted by Crippen LogP contribution is 2.34. The number of benzene rings is 1. The Balaban J connectivity index is 2.85. The molecule has 1 rings (SSSR count). The molecule has 18 heavy (non-hydrogen) atoms. The number of alkyl halides is 3. The van der Waals surface area contributed by atoms with Gasteiger partial charge in [-0.1, -0.05) is 20.3 Å². The first-order chi connectivity index (χ1) is 8.38. The summed E-state index contributed by atoms with van der Waals surface area (Å²) in [6.45, 7) is 4.15. The summed E-state index contributed by atoms with van der Waals surface area (Å²) in [6, 6.07) is 3.99. The van der Waals surface area contributed by atoms with Gasteiger partial charge in [0.2, 0.25) is 0 Å². The molecule has 5 heteroatoms. The Hall–Kier alpha value is -0.710. The van der Waals surface area contributed by atoms with Crippen LogP contribution in [-0.2, 0) is 6.18 Å². The van der Waals surface area contributed by atoms with E-state index in [1.165, 1.54) is 6.07 Å². The van der Waals surface area contributed by atoms with Crippen molar-refractivity contribution in [2.45, 2.75) is 45.3 Å². The summed E-state index contributed by atoms with van der Waals surface area (Å²) in [5.41, 5.74) is 0.0757. The molecule has 0 radical (unpaired) electrons. The van der Waals surface area contributed by atoms with E-state index in [9.17, 15) is 13.2 Å². The van der Waals surface area contributed by atoms with Crippen molar-refractivity contribution in [1.82, 2.24) is 0 Å². The Bertz CT molecular complexity index is 390. The number of rotatable bonds is 5. The molecule has 1 unspecified atom stereocenters. The lowest BCUT2D eigenvalue weighted by Gasteiger charge is -2.19. The first-order valence-electron chi connectivity index (χ1n) is 6.01. The smallest absolute Gasteiger partial charge is 0.381 e. The summed E-state index contributed by atoms with van der Waals surface area (Å²) in [5, 5.41) is 3.26. The standard InChI is InChI=1S/C13H17BrF3N/c1-3-5-10(4-2)18-12-7-6-9(8-11(12)14)13(15,16)17/h6-8,10,18H,3-5H2,1-2H3. The first kappa shape index (κ1) is 15.3. The largest absolute Gasteiger partial charge is 0.416 e. The summed E-state index contributed by atoms with van der Waals surface area (Å²) in [6.07, 6.45) is -1.30. The molecule has 1 N–H and O–H groups in total. The van der Waals surface area contributed by atoms with Gasteiger partial charge in [-0.05, 0) is 47.0 Å². The van der Waals surface area contributed by atoms with Crippen LogP contribution in [0, 0.1) is 0 Å². The predicted molar refractivity (Wildman–Crippen MR) is 71.8 cm³/mol. The fraction of sp³-hybridized carbons (Fsp3) is 0.538. The third-order valence-electron chi connectivity index (χ3n) is 2.79. The third kappa shape index (κ3) is 4.19. The second-order valence-electron chi connectivity index (χ2n) is 4.23. The van der Waals surface area contributed by atoms with Crippen LogP contribution >= 0.6 is 15.9 Å². The van der Waals surface area contributed by atoms with E-state index < -0.39 is 11.7 Å². The van der Waals surface area contributed by atoms with Crippen LogP contribution in [0.2, 0.25) is 0 Å². The van der Waals surface area contributed by atoms with Crippen LogP contribution in [0.4, 0.5) is 18.9 Å². The van der Waals surface area contributed by atoms with Gasteiger partial charge in [0.1, 0.15) is 0 Å². The van der Waals surface area contributed by atoms with Crippen molar-refractivity contribution in [3.05, 3.63) is 28.2 Å². The quantitative estimate of drug-likeness (QED) is 0.758. The lowest BCUT2D eigenvalue weighted by atomic mass is 10.1. The average molecular weight is 324 g/mol. The van der Waals surface area contributed by atoms with Crippen LogP contribution in [0.25, 0.3) is 0 Å². The van der Waals surface area contributed by atoms with Gasteiger partial charge in [-0.2, -0.15) is 13.2 Å². The molecule has 0 fully saturated rings. The van der Waals surface area contributed by atoms with E-state index in [0.29, 0.717) is 16.2 Å². The lowest BCUT2D eigenvalue weighted by molar-refractivity contribution is -0.137. The molecule has 102 valence electrons. The SMILES string of the molecule is CCCC(CC)Nc1ccc(C(F)(F)F)cc1Br. The molecular formula is C13H17BrF3N. The topological polar surface area (TPSA) is 12.0 Å². The molecule has 1 nitrogen and oxygen atoms in total. The highest BCUT2D eigenvalue weighted by atomic mass is 79.9. The van der Waals surface area contributed by atoms with Gasteiger partial charge in [0, 0.05) is 16.2 Å². The monoisotopic (exact) mass is 323 g/mol. The van der Waals surface area contributed by atoms with E-state index in [4.69, 9.17) is 0 Å². The predicted octanol–water partition coefficient (Wildman–Crippen LogP) is 5.46. The van der Waals surface area contributed by atoms with Crippen LogP contribution in [0.3, 0.4) is 0 Å². The summed E-state index contributed by atoms with van der Waals surface area (Å²) in [5.74, 6) is 0. The Kier molecular flexibility index (Phi) is 5.50. The number of hydrogen-bond donors (Lipinski definition) is 1. The summed E-state index contributed by atoms with van der Waals surface area (Å²) in [4.78, 5) is 0. The Morgan fingerprint density at radius 3 is 2.39 bits per heavy atom. The average Bonchev–Trinajstić information content (AvgIpc) is 2.29. The van der Waals surface area contributed by atoms with Crippen molar-refractivity contribution >= 4 is 21.6 Å². The maximum atomic E-state index is 12.5. The van der Waals surface area contributed by atoms with E-state index >= 15 is 0 Å². The summed E-state index contributed by atoms with van der Waals surface area (Å²) >= 11 is 3.19. The van der Waals surface area contributed by atoms with Crippen molar-refractivity contribution in [3.63, 3.8) is 0 Å². The second kappa shape index (κ2) is 6.45. The normalized spacial score (nSPS) is 13.4. The Morgan fingerprint density at radius 2 is 1.94 bits per heavy atom.